The lowest BCUT2D eigenvalue weighted by Gasteiger charge is -2.21. The van der Waals surface area contributed by atoms with Crippen LogP contribution in [0.25, 0.3) is 0 Å². The molecule has 0 aromatic rings. The maximum absolute atomic E-state index is 11.4. The van der Waals surface area contributed by atoms with E-state index in [0.717, 1.165) is 0 Å². The Hall–Kier alpha value is -0.810. The van der Waals surface area contributed by atoms with Gasteiger partial charge in [0.15, 0.2) is 5.41 Å². The summed E-state index contributed by atoms with van der Waals surface area (Å²) in [4.78, 5) is 22.7. The second-order valence-electron chi connectivity index (χ2n) is 2.99. The maximum atomic E-state index is 11.4. The summed E-state index contributed by atoms with van der Waals surface area (Å²) in [7, 11) is 2.54. The van der Waals surface area contributed by atoms with Gasteiger partial charge in [-0.1, -0.05) is 0 Å². The summed E-state index contributed by atoms with van der Waals surface area (Å²) in [6.07, 6.45) is 0.437. The molecule has 0 amide bonds. The topological polar surface area (TPSA) is 64.6 Å². The number of hydrogen-bond acceptors (Lipinski definition) is 5. The third-order valence-electron chi connectivity index (χ3n) is 2.31. The van der Waals surface area contributed by atoms with Gasteiger partial charge in [0.05, 0.1) is 14.2 Å². The van der Waals surface area contributed by atoms with Crippen molar-refractivity contribution in [2.45, 2.75) is 6.42 Å². The van der Waals surface area contributed by atoms with Crippen LogP contribution < -0.4 is 5.32 Å². The fourth-order valence-electron chi connectivity index (χ4n) is 1.51. The molecule has 6 heteroatoms. The monoisotopic (exact) mass is 223 g/mol. The Morgan fingerprint density at radius 2 is 1.71 bits per heavy atom. The first-order valence-electron chi connectivity index (χ1n) is 4.05. The van der Waals surface area contributed by atoms with Gasteiger partial charge in [-0.25, -0.2) is 0 Å². The van der Waals surface area contributed by atoms with E-state index in [1.165, 1.54) is 14.2 Å². The number of ether oxygens (including phenoxy) is 2. The van der Waals surface area contributed by atoms with Gasteiger partial charge >= 0.3 is 11.9 Å². The van der Waals surface area contributed by atoms with Crippen LogP contribution in [-0.2, 0) is 19.1 Å². The van der Waals surface area contributed by atoms with Crippen molar-refractivity contribution in [3.8, 4) is 0 Å². The zero-order valence-corrected chi connectivity index (χ0v) is 8.98. The molecule has 0 spiro atoms. The first kappa shape index (κ1) is 13.2. The Bertz CT molecular complexity index is 207. The number of carbonyl (C=O) groups is 2. The average Bonchev–Trinajstić information content (AvgIpc) is 2.65. The zero-order chi connectivity index (χ0) is 9.90. The summed E-state index contributed by atoms with van der Waals surface area (Å²) in [5, 5.41) is 2.94. The second kappa shape index (κ2) is 5.17. The highest BCUT2D eigenvalue weighted by Crippen LogP contribution is 2.28. The molecule has 5 nitrogen and oxygen atoms in total. The summed E-state index contributed by atoms with van der Waals surface area (Å²) in [5.41, 5.74) is -1.12. The van der Waals surface area contributed by atoms with Gasteiger partial charge in [0.2, 0.25) is 0 Å². The standard InChI is InChI=1S/C8H13NO4.ClH/c1-12-6(10)8(7(11)13-2)3-4-9-5-8;/h9H,3-5H2,1-2H3;1H. The second-order valence-corrected chi connectivity index (χ2v) is 2.99. The van der Waals surface area contributed by atoms with Crippen molar-refractivity contribution >= 4 is 24.3 Å². The molecular formula is C8H14ClNO4. The highest BCUT2D eigenvalue weighted by molar-refractivity contribution is 6.00. The van der Waals surface area contributed by atoms with Gasteiger partial charge < -0.3 is 14.8 Å². The largest absolute Gasteiger partial charge is 0.468 e. The molecule has 0 aliphatic carbocycles. The molecule has 82 valence electrons. The van der Waals surface area contributed by atoms with E-state index in [1.54, 1.807) is 0 Å². The predicted molar refractivity (Wildman–Crippen MR) is 51.2 cm³/mol. The normalized spacial score (nSPS) is 18.1. The number of rotatable bonds is 2. The lowest BCUT2D eigenvalue weighted by atomic mass is 9.87. The molecule has 0 aromatic heterocycles. The third kappa shape index (κ3) is 1.99. The van der Waals surface area contributed by atoms with Crippen LogP contribution in [0.5, 0.6) is 0 Å². The molecule has 1 saturated heterocycles. The predicted octanol–water partition coefficient (Wildman–Crippen LogP) is -0.266. The van der Waals surface area contributed by atoms with Crippen LogP contribution in [-0.4, -0.2) is 39.2 Å². The number of methoxy groups -OCH3 is 2. The van der Waals surface area contributed by atoms with Crippen molar-refractivity contribution in [2.24, 2.45) is 5.41 Å². The highest BCUT2D eigenvalue weighted by Gasteiger charge is 2.50. The first-order valence-corrected chi connectivity index (χ1v) is 4.05. The summed E-state index contributed by atoms with van der Waals surface area (Å²) in [5.74, 6) is -1.05. The van der Waals surface area contributed by atoms with E-state index in [1.807, 2.05) is 0 Å². The zero-order valence-electron chi connectivity index (χ0n) is 8.16. The van der Waals surface area contributed by atoms with E-state index < -0.39 is 17.4 Å². The molecule has 1 aliphatic heterocycles. The van der Waals surface area contributed by atoms with Crippen molar-refractivity contribution in [2.75, 3.05) is 27.3 Å². The first-order chi connectivity index (χ1) is 6.17. The van der Waals surface area contributed by atoms with E-state index in [-0.39, 0.29) is 12.4 Å². The lowest BCUT2D eigenvalue weighted by molar-refractivity contribution is -0.167. The number of carbonyl (C=O) groups excluding carboxylic acids is 2. The minimum atomic E-state index is -1.12. The molecule has 14 heavy (non-hydrogen) atoms. The molecular weight excluding hydrogens is 210 g/mol. The minimum Gasteiger partial charge on any atom is -0.468 e. The van der Waals surface area contributed by atoms with E-state index in [2.05, 4.69) is 14.8 Å². The van der Waals surface area contributed by atoms with Gasteiger partial charge in [-0.2, -0.15) is 0 Å². The number of halogens is 1. The number of hydrogen-bond donors (Lipinski definition) is 1. The molecule has 0 atom stereocenters. The van der Waals surface area contributed by atoms with Crippen molar-refractivity contribution in [3.05, 3.63) is 0 Å². The molecule has 0 aromatic carbocycles. The number of esters is 2. The van der Waals surface area contributed by atoms with Crippen LogP contribution in [0.15, 0.2) is 0 Å². The minimum absolute atomic E-state index is 0. The molecule has 0 saturated carbocycles. The SMILES string of the molecule is COC(=O)C1(C(=O)OC)CCNC1.Cl. The Morgan fingerprint density at radius 1 is 1.21 bits per heavy atom. The van der Waals surface area contributed by atoms with Crippen molar-refractivity contribution in [3.63, 3.8) is 0 Å². The van der Waals surface area contributed by atoms with Gasteiger partial charge in [-0.05, 0) is 13.0 Å². The van der Waals surface area contributed by atoms with Gasteiger partial charge in [-0.3, -0.25) is 9.59 Å². The van der Waals surface area contributed by atoms with Crippen LogP contribution in [0.3, 0.4) is 0 Å². The molecule has 0 radical (unpaired) electrons. The molecule has 1 aliphatic rings. The smallest absolute Gasteiger partial charge is 0.324 e. The van der Waals surface area contributed by atoms with Gasteiger partial charge in [0, 0.05) is 6.54 Å². The maximum Gasteiger partial charge on any atom is 0.324 e. The Kier molecular flexibility index (Phi) is 4.87. The lowest BCUT2D eigenvalue weighted by Crippen LogP contribution is -2.42. The van der Waals surface area contributed by atoms with Gasteiger partial charge in [-0.15, -0.1) is 12.4 Å². The average molecular weight is 224 g/mol. The Balaban J connectivity index is 0.00000169. The number of nitrogens with one attached hydrogen (secondary N) is 1. The van der Waals surface area contributed by atoms with E-state index in [4.69, 9.17) is 0 Å². The summed E-state index contributed by atoms with van der Waals surface area (Å²) in [6, 6.07) is 0. The summed E-state index contributed by atoms with van der Waals surface area (Å²) < 4.78 is 9.16. The van der Waals surface area contributed by atoms with E-state index in [0.29, 0.717) is 19.5 Å². The van der Waals surface area contributed by atoms with E-state index in [9.17, 15) is 9.59 Å². The molecule has 1 heterocycles. The quantitative estimate of drug-likeness (QED) is 0.516. The van der Waals surface area contributed by atoms with Crippen LogP contribution >= 0.6 is 12.4 Å². The van der Waals surface area contributed by atoms with Crippen LogP contribution in [0.4, 0.5) is 0 Å². The highest BCUT2D eigenvalue weighted by atomic mass is 35.5. The summed E-state index contributed by atoms with van der Waals surface area (Å²) >= 11 is 0. The van der Waals surface area contributed by atoms with Crippen LogP contribution in [0, 0.1) is 5.41 Å². The fourth-order valence-corrected chi connectivity index (χ4v) is 1.51. The Morgan fingerprint density at radius 3 is 2.00 bits per heavy atom. The molecule has 1 fully saturated rings. The van der Waals surface area contributed by atoms with Crippen molar-refractivity contribution < 1.29 is 19.1 Å². The Labute approximate surface area is 88.5 Å². The molecule has 0 unspecified atom stereocenters. The fraction of sp³-hybridized carbons (Fsp3) is 0.750. The molecule has 1 rings (SSSR count). The summed E-state index contributed by atoms with van der Waals surface area (Å²) in [6.45, 7) is 0.927. The van der Waals surface area contributed by atoms with Crippen molar-refractivity contribution in [1.82, 2.24) is 5.32 Å². The van der Waals surface area contributed by atoms with Crippen LogP contribution in [0.1, 0.15) is 6.42 Å². The molecule has 0 bridgehead atoms. The van der Waals surface area contributed by atoms with Crippen LogP contribution in [0.2, 0.25) is 0 Å². The van der Waals surface area contributed by atoms with Crippen molar-refractivity contribution in [1.29, 1.82) is 0 Å². The van der Waals surface area contributed by atoms with E-state index >= 15 is 0 Å². The van der Waals surface area contributed by atoms with Gasteiger partial charge in [0.1, 0.15) is 0 Å². The molecule has 1 N–H and O–H groups in total. The van der Waals surface area contributed by atoms with Gasteiger partial charge in [0.25, 0.3) is 0 Å². The third-order valence-corrected chi connectivity index (χ3v) is 2.31.